The van der Waals surface area contributed by atoms with E-state index in [1.807, 2.05) is 31.2 Å². The van der Waals surface area contributed by atoms with Crippen LogP contribution in [0.3, 0.4) is 0 Å². The summed E-state index contributed by atoms with van der Waals surface area (Å²) in [5, 5.41) is 17.8. The van der Waals surface area contributed by atoms with Gasteiger partial charge >= 0.3 is 0 Å². The Morgan fingerprint density at radius 3 is 2.69 bits per heavy atom. The maximum atomic E-state index is 9.67. The molecule has 0 aliphatic carbocycles. The number of aromatic nitrogens is 2. The van der Waals surface area contributed by atoms with Gasteiger partial charge in [0.2, 0.25) is 11.8 Å². The van der Waals surface area contributed by atoms with Crippen molar-refractivity contribution in [3.05, 3.63) is 86.4 Å². The average Bonchev–Trinajstić information content (AvgIpc) is 3.07. The fourth-order valence-electron chi connectivity index (χ4n) is 3.34. The number of ether oxygens (including phenoxy) is 2. The number of fused-ring (bicyclic) bond motifs is 1. The molecule has 29 heavy (non-hydrogen) atoms. The second-order valence-corrected chi connectivity index (χ2v) is 7.37. The summed E-state index contributed by atoms with van der Waals surface area (Å²) in [6.07, 6.45) is 0. The summed E-state index contributed by atoms with van der Waals surface area (Å²) in [4.78, 5) is 0. The molecule has 1 aliphatic rings. The van der Waals surface area contributed by atoms with Crippen LogP contribution >= 0.6 is 23.2 Å². The minimum atomic E-state index is -0.407. The molecular weight excluding hydrogens is 411 g/mol. The lowest BCUT2D eigenvalue weighted by molar-refractivity contribution is 0.306. The van der Waals surface area contributed by atoms with Crippen LogP contribution in [0.5, 0.6) is 11.6 Å². The van der Waals surface area contributed by atoms with Gasteiger partial charge in [0.25, 0.3) is 0 Å². The average molecular weight is 427 g/mol. The summed E-state index contributed by atoms with van der Waals surface area (Å²) < 4.78 is 11.4. The van der Waals surface area contributed by atoms with Crippen LogP contribution in [0.4, 0.5) is 0 Å². The molecule has 1 atom stereocenters. The van der Waals surface area contributed by atoms with Crippen molar-refractivity contribution in [2.24, 2.45) is 5.73 Å². The minimum absolute atomic E-state index is 0.0469. The highest BCUT2D eigenvalue weighted by Crippen LogP contribution is 2.43. The van der Waals surface area contributed by atoms with Gasteiger partial charge in [-0.05, 0) is 36.8 Å². The number of benzene rings is 2. The number of hydrogen-bond donors (Lipinski definition) is 2. The van der Waals surface area contributed by atoms with Crippen molar-refractivity contribution in [2.45, 2.75) is 19.4 Å². The van der Waals surface area contributed by atoms with E-state index in [4.69, 9.17) is 38.4 Å². The van der Waals surface area contributed by atoms with Crippen molar-refractivity contribution in [2.75, 3.05) is 0 Å². The molecule has 4 rings (SSSR count). The van der Waals surface area contributed by atoms with E-state index in [0.29, 0.717) is 32.8 Å². The molecule has 2 heterocycles. The fraction of sp³-hybridized carbons (Fsp3) is 0.143. The van der Waals surface area contributed by atoms with Crippen molar-refractivity contribution < 1.29 is 9.47 Å². The minimum Gasteiger partial charge on any atom is -0.489 e. The van der Waals surface area contributed by atoms with Crippen LogP contribution in [0, 0.1) is 18.3 Å². The maximum absolute atomic E-state index is 9.67. The Labute approximate surface area is 177 Å². The molecular formula is C21H16Cl2N4O2. The highest BCUT2D eigenvalue weighted by atomic mass is 35.5. The van der Waals surface area contributed by atoms with Gasteiger partial charge in [-0.2, -0.15) is 5.26 Å². The molecule has 0 radical (unpaired) electrons. The van der Waals surface area contributed by atoms with Crippen LogP contribution in [0.2, 0.25) is 10.0 Å². The number of aryl methyl sites for hydroxylation is 1. The van der Waals surface area contributed by atoms with E-state index in [1.165, 1.54) is 0 Å². The Bertz CT molecular complexity index is 1140. The first-order valence-electron chi connectivity index (χ1n) is 8.77. The summed E-state index contributed by atoms with van der Waals surface area (Å²) >= 11 is 12.4. The molecule has 0 saturated carbocycles. The number of H-pyrrole nitrogens is 1. The molecule has 6 nitrogen and oxygen atoms in total. The number of nitrogens with two attached hydrogens (primary N) is 1. The van der Waals surface area contributed by atoms with Crippen molar-refractivity contribution in [3.8, 4) is 17.7 Å². The Hall–Kier alpha value is -3.14. The number of nitriles is 1. The van der Waals surface area contributed by atoms with E-state index in [-0.39, 0.29) is 12.5 Å². The van der Waals surface area contributed by atoms with Gasteiger partial charge in [-0.1, -0.05) is 41.4 Å². The lowest BCUT2D eigenvalue weighted by atomic mass is 9.84. The van der Waals surface area contributed by atoms with Gasteiger partial charge in [-0.25, -0.2) is 0 Å². The number of rotatable bonds is 4. The zero-order valence-corrected chi connectivity index (χ0v) is 16.9. The Balaban J connectivity index is 1.68. The molecule has 1 aliphatic heterocycles. The first-order chi connectivity index (χ1) is 14.0. The first kappa shape index (κ1) is 19.2. The molecule has 1 aromatic heterocycles. The quantitative estimate of drug-likeness (QED) is 0.622. The maximum Gasteiger partial charge on any atom is 0.244 e. The number of aromatic amines is 1. The van der Waals surface area contributed by atoms with Gasteiger partial charge in [0.05, 0.1) is 5.92 Å². The Kier molecular flexibility index (Phi) is 5.10. The van der Waals surface area contributed by atoms with E-state index < -0.39 is 5.92 Å². The monoisotopic (exact) mass is 426 g/mol. The number of hydrogen-bond acceptors (Lipinski definition) is 5. The molecule has 0 fully saturated rings. The highest BCUT2D eigenvalue weighted by Gasteiger charge is 2.34. The fourth-order valence-corrected chi connectivity index (χ4v) is 3.85. The second-order valence-electron chi connectivity index (χ2n) is 6.55. The first-order valence-corrected chi connectivity index (χ1v) is 9.53. The Morgan fingerprint density at radius 1 is 1.24 bits per heavy atom. The number of allylic oxidation sites excluding steroid dienone is 1. The van der Waals surface area contributed by atoms with Crippen LogP contribution < -0.4 is 15.2 Å². The van der Waals surface area contributed by atoms with Gasteiger partial charge in [0.1, 0.15) is 24.0 Å². The lowest BCUT2D eigenvalue weighted by Crippen LogP contribution is -2.21. The van der Waals surface area contributed by atoms with Crippen molar-refractivity contribution in [1.29, 1.82) is 5.26 Å². The van der Waals surface area contributed by atoms with Gasteiger partial charge in [0, 0.05) is 26.9 Å². The van der Waals surface area contributed by atoms with Gasteiger partial charge in [-0.15, -0.1) is 5.10 Å². The molecule has 0 bridgehead atoms. The van der Waals surface area contributed by atoms with Crippen LogP contribution in [-0.4, -0.2) is 10.2 Å². The third-order valence-corrected chi connectivity index (χ3v) is 5.47. The number of halogens is 2. The molecule has 3 N–H and O–H groups in total. The third-order valence-electron chi connectivity index (χ3n) is 4.77. The molecule has 146 valence electrons. The van der Waals surface area contributed by atoms with Gasteiger partial charge in [0.15, 0.2) is 0 Å². The van der Waals surface area contributed by atoms with Crippen molar-refractivity contribution in [1.82, 2.24) is 10.2 Å². The van der Waals surface area contributed by atoms with Gasteiger partial charge in [-0.3, -0.25) is 5.10 Å². The lowest BCUT2D eigenvalue weighted by Gasteiger charge is -2.24. The molecule has 3 aromatic rings. The number of nitrogens with one attached hydrogen (secondary N) is 1. The normalized spacial score (nSPS) is 15.4. The smallest absolute Gasteiger partial charge is 0.244 e. The summed E-state index contributed by atoms with van der Waals surface area (Å²) in [6, 6.07) is 14.9. The summed E-state index contributed by atoms with van der Waals surface area (Å²) in [6.45, 7) is 2.09. The summed E-state index contributed by atoms with van der Waals surface area (Å²) in [5.41, 5.74) is 9.42. The summed E-state index contributed by atoms with van der Waals surface area (Å²) in [7, 11) is 0. The van der Waals surface area contributed by atoms with Crippen molar-refractivity contribution in [3.63, 3.8) is 0 Å². The van der Waals surface area contributed by atoms with E-state index in [9.17, 15) is 5.26 Å². The predicted molar refractivity (Wildman–Crippen MR) is 110 cm³/mol. The van der Waals surface area contributed by atoms with Crippen LogP contribution in [0.15, 0.2) is 53.9 Å². The standard InChI is InChI=1S/C21H16Cl2N4O2/c1-11-18-19(14(9-24)20(25)29-21(18)27-26-11)12-4-2-5-13(8-12)28-10-15-16(22)6-3-7-17(15)23/h2-8,19H,10,25H2,1H3,(H,26,27)/t19-/m1/s1. The SMILES string of the molecule is Cc1[nH]nc2c1[C@H](c1cccc(OCc3c(Cl)cccc3Cl)c1)C(C#N)=C(N)O2. The Morgan fingerprint density at radius 2 is 1.97 bits per heavy atom. The topological polar surface area (TPSA) is 97.0 Å². The summed E-state index contributed by atoms with van der Waals surface area (Å²) in [5.74, 6) is 0.627. The second kappa shape index (κ2) is 7.70. The molecule has 0 unspecified atom stereocenters. The van der Waals surface area contributed by atoms with Crippen LogP contribution in [0.1, 0.15) is 28.3 Å². The molecule has 8 heteroatoms. The van der Waals surface area contributed by atoms with Crippen LogP contribution in [0.25, 0.3) is 0 Å². The largest absolute Gasteiger partial charge is 0.489 e. The zero-order chi connectivity index (χ0) is 20.5. The molecule has 0 saturated heterocycles. The van der Waals surface area contributed by atoms with Crippen molar-refractivity contribution >= 4 is 23.2 Å². The highest BCUT2D eigenvalue weighted by molar-refractivity contribution is 6.35. The van der Waals surface area contributed by atoms with Gasteiger partial charge < -0.3 is 15.2 Å². The molecule has 0 amide bonds. The number of nitrogens with zero attached hydrogens (tertiary/aromatic N) is 2. The zero-order valence-electron chi connectivity index (χ0n) is 15.4. The van der Waals surface area contributed by atoms with E-state index in [2.05, 4.69) is 16.3 Å². The third kappa shape index (κ3) is 3.51. The molecule has 0 spiro atoms. The van der Waals surface area contributed by atoms with E-state index >= 15 is 0 Å². The van der Waals surface area contributed by atoms with Crippen LogP contribution in [-0.2, 0) is 6.61 Å². The van der Waals surface area contributed by atoms with E-state index in [0.717, 1.165) is 16.8 Å². The molecule has 2 aromatic carbocycles. The predicted octanol–water partition coefficient (Wildman–Crippen LogP) is 4.82. The van der Waals surface area contributed by atoms with E-state index in [1.54, 1.807) is 18.2 Å².